The molecule has 0 N–H and O–H groups in total. The Morgan fingerprint density at radius 2 is 1.12 bits per heavy atom. The van der Waals surface area contributed by atoms with Gasteiger partial charge in [-0.3, -0.25) is 0 Å². The van der Waals surface area contributed by atoms with Gasteiger partial charge in [-0.05, 0) is 12.0 Å². The van der Waals surface area contributed by atoms with Crippen molar-refractivity contribution in [3.8, 4) is 6.07 Å². The van der Waals surface area contributed by atoms with Crippen molar-refractivity contribution in [3.63, 3.8) is 0 Å². The average molecular weight is 342 g/mol. The minimum Gasteiger partial charge on any atom is -0.198 e. The average Bonchev–Trinajstić information content (AvgIpc) is 2.66. The molecule has 1 aromatic rings. The van der Waals surface area contributed by atoms with Crippen LogP contribution in [0.25, 0.3) is 0 Å². The molecule has 0 saturated carbocycles. The predicted octanol–water partition coefficient (Wildman–Crippen LogP) is 8.17. The highest BCUT2D eigenvalue weighted by Gasteiger charge is 2.09. The third kappa shape index (κ3) is 11.8. The summed E-state index contributed by atoms with van der Waals surface area (Å²) in [4.78, 5) is 0. The van der Waals surface area contributed by atoms with Crippen LogP contribution in [0.3, 0.4) is 0 Å². The summed E-state index contributed by atoms with van der Waals surface area (Å²) in [7, 11) is 0. The van der Waals surface area contributed by atoms with E-state index in [1.54, 1.807) is 0 Å². The minimum absolute atomic E-state index is 0.0820. The Kier molecular flexibility index (Phi) is 14.1. The maximum atomic E-state index is 9.33. The van der Waals surface area contributed by atoms with E-state index in [2.05, 4.69) is 25.1 Å². The summed E-state index contributed by atoms with van der Waals surface area (Å²) in [6.45, 7) is 2.28. The predicted molar refractivity (Wildman–Crippen MR) is 110 cm³/mol. The molecule has 140 valence electrons. The van der Waals surface area contributed by atoms with Crippen LogP contribution in [-0.4, -0.2) is 0 Å². The van der Waals surface area contributed by atoms with Gasteiger partial charge in [0.1, 0.15) is 0 Å². The summed E-state index contributed by atoms with van der Waals surface area (Å²) >= 11 is 0. The van der Waals surface area contributed by atoms with Crippen molar-refractivity contribution < 1.29 is 0 Å². The van der Waals surface area contributed by atoms with Gasteiger partial charge in [-0.25, -0.2) is 0 Å². The fourth-order valence-corrected chi connectivity index (χ4v) is 3.53. The van der Waals surface area contributed by atoms with E-state index in [9.17, 15) is 5.26 Å². The van der Waals surface area contributed by atoms with Crippen LogP contribution in [0.2, 0.25) is 0 Å². The van der Waals surface area contributed by atoms with Crippen molar-refractivity contribution >= 4 is 0 Å². The Morgan fingerprint density at radius 1 is 0.680 bits per heavy atom. The normalized spacial score (nSPS) is 12.0. The van der Waals surface area contributed by atoms with Gasteiger partial charge >= 0.3 is 0 Å². The fraction of sp³-hybridized carbons (Fsp3) is 0.708. The molecule has 1 heteroatoms. The first kappa shape index (κ1) is 21.8. The number of nitriles is 1. The molecule has 0 bridgehead atoms. The second-order valence-electron chi connectivity index (χ2n) is 7.48. The largest absolute Gasteiger partial charge is 0.198 e. The first-order valence-corrected chi connectivity index (χ1v) is 10.8. The topological polar surface area (TPSA) is 23.8 Å². The van der Waals surface area contributed by atoms with E-state index in [-0.39, 0.29) is 5.92 Å². The van der Waals surface area contributed by atoms with Gasteiger partial charge in [0.05, 0.1) is 12.0 Å². The lowest BCUT2D eigenvalue weighted by atomic mass is 9.94. The van der Waals surface area contributed by atoms with Crippen molar-refractivity contribution in [1.82, 2.24) is 0 Å². The molecule has 0 spiro atoms. The van der Waals surface area contributed by atoms with Gasteiger partial charge in [-0.2, -0.15) is 5.26 Å². The smallest absolute Gasteiger partial charge is 0.0712 e. The third-order valence-electron chi connectivity index (χ3n) is 5.20. The van der Waals surface area contributed by atoms with E-state index in [0.29, 0.717) is 0 Å². The molecule has 0 aromatic heterocycles. The zero-order valence-electron chi connectivity index (χ0n) is 16.5. The van der Waals surface area contributed by atoms with E-state index in [1.807, 2.05) is 18.2 Å². The second-order valence-corrected chi connectivity index (χ2v) is 7.48. The van der Waals surface area contributed by atoms with E-state index in [1.165, 1.54) is 95.5 Å². The molecule has 1 unspecified atom stereocenters. The van der Waals surface area contributed by atoms with Crippen molar-refractivity contribution in [1.29, 1.82) is 5.26 Å². The Morgan fingerprint density at radius 3 is 1.56 bits per heavy atom. The molecule has 1 nitrogen and oxygen atoms in total. The standard InChI is InChI=1S/C24H39N/c1-2-3-4-5-6-7-8-9-10-11-12-13-14-16-21-24(22-25)23-19-17-15-18-20-23/h15,17-20,24H,2-14,16,21H2,1H3. The molecule has 0 radical (unpaired) electrons. The molecule has 0 fully saturated rings. The Balaban J connectivity index is 1.86. The molecule has 0 aliphatic heterocycles. The SMILES string of the molecule is CCCCCCCCCCCCCCCCC(C#N)c1ccccc1. The van der Waals surface area contributed by atoms with Crippen LogP contribution in [0.4, 0.5) is 0 Å². The monoisotopic (exact) mass is 341 g/mol. The van der Waals surface area contributed by atoms with Gasteiger partial charge in [0.15, 0.2) is 0 Å². The van der Waals surface area contributed by atoms with Crippen LogP contribution in [0, 0.1) is 11.3 Å². The molecule has 0 aliphatic carbocycles. The summed E-state index contributed by atoms with van der Waals surface area (Å²) in [5, 5.41) is 9.33. The van der Waals surface area contributed by atoms with Crippen LogP contribution in [0.15, 0.2) is 30.3 Å². The quantitative estimate of drug-likeness (QED) is 0.278. The number of rotatable bonds is 16. The van der Waals surface area contributed by atoms with E-state index in [0.717, 1.165) is 6.42 Å². The number of unbranched alkanes of at least 4 members (excludes halogenated alkanes) is 13. The van der Waals surface area contributed by atoms with E-state index < -0.39 is 0 Å². The molecular weight excluding hydrogens is 302 g/mol. The lowest BCUT2D eigenvalue weighted by Gasteiger charge is -2.09. The summed E-state index contributed by atoms with van der Waals surface area (Å²) in [6.07, 6.45) is 20.4. The molecule has 0 saturated heterocycles. The Bertz CT molecular complexity index is 431. The molecule has 0 aliphatic rings. The maximum absolute atomic E-state index is 9.33. The van der Waals surface area contributed by atoms with Crippen LogP contribution in [-0.2, 0) is 0 Å². The fourth-order valence-electron chi connectivity index (χ4n) is 3.53. The zero-order valence-corrected chi connectivity index (χ0v) is 16.5. The number of hydrogen-bond acceptors (Lipinski definition) is 1. The lowest BCUT2D eigenvalue weighted by molar-refractivity contribution is 0.529. The van der Waals surface area contributed by atoms with Gasteiger partial charge in [-0.1, -0.05) is 127 Å². The highest BCUT2D eigenvalue weighted by Crippen LogP contribution is 2.22. The van der Waals surface area contributed by atoms with Gasteiger partial charge in [0, 0.05) is 0 Å². The summed E-state index contributed by atoms with van der Waals surface area (Å²) < 4.78 is 0. The van der Waals surface area contributed by atoms with Crippen LogP contribution in [0.1, 0.15) is 115 Å². The third-order valence-corrected chi connectivity index (χ3v) is 5.20. The number of hydrogen-bond donors (Lipinski definition) is 0. The van der Waals surface area contributed by atoms with Gasteiger partial charge in [0.2, 0.25) is 0 Å². The second kappa shape index (κ2) is 16.2. The molecule has 25 heavy (non-hydrogen) atoms. The van der Waals surface area contributed by atoms with Gasteiger partial charge in [0.25, 0.3) is 0 Å². The minimum atomic E-state index is 0.0820. The van der Waals surface area contributed by atoms with Crippen LogP contribution < -0.4 is 0 Å². The Hall–Kier alpha value is -1.29. The zero-order chi connectivity index (χ0) is 18.0. The van der Waals surface area contributed by atoms with Crippen molar-refractivity contribution in [2.24, 2.45) is 0 Å². The highest BCUT2D eigenvalue weighted by atomic mass is 14.3. The van der Waals surface area contributed by atoms with Crippen molar-refractivity contribution in [3.05, 3.63) is 35.9 Å². The Labute approximate surface area is 156 Å². The first-order chi connectivity index (χ1) is 12.4. The first-order valence-electron chi connectivity index (χ1n) is 10.8. The number of nitrogens with zero attached hydrogens (tertiary/aromatic N) is 1. The van der Waals surface area contributed by atoms with Crippen LogP contribution in [0.5, 0.6) is 0 Å². The van der Waals surface area contributed by atoms with Crippen molar-refractivity contribution in [2.75, 3.05) is 0 Å². The molecule has 1 rings (SSSR count). The van der Waals surface area contributed by atoms with E-state index in [4.69, 9.17) is 0 Å². The summed E-state index contributed by atoms with van der Waals surface area (Å²) in [6, 6.07) is 12.7. The van der Waals surface area contributed by atoms with Crippen molar-refractivity contribution in [2.45, 2.75) is 109 Å². The van der Waals surface area contributed by atoms with Gasteiger partial charge in [-0.15, -0.1) is 0 Å². The van der Waals surface area contributed by atoms with E-state index >= 15 is 0 Å². The summed E-state index contributed by atoms with van der Waals surface area (Å²) in [5.74, 6) is 0.0820. The molecule has 1 aromatic carbocycles. The molecule has 0 amide bonds. The lowest BCUT2D eigenvalue weighted by Crippen LogP contribution is -1.95. The molecule has 0 heterocycles. The highest BCUT2D eigenvalue weighted by molar-refractivity contribution is 5.24. The molecular formula is C24H39N. The summed E-state index contributed by atoms with van der Waals surface area (Å²) in [5.41, 5.74) is 1.18. The maximum Gasteiger partial charge on any atom is 0.0712 e. The van der Waals surface area contributed by atoms with Gasteiger partial charge < -0.3 is 0 Å². The number of benzene rings is 1. The van der Waals surface area contributed by atoms with Crippen LogP contribution >= 0.6 is 0 Å². The molecule has 1 atom stereocenters.